The van der Waals surface area contributed by atoms with Gasteiger partial charge in [-0.05, 0) is 35.7 Å². The van der Waals surface area contributed by atoms with Crippen molar-refractivity contribution in [2.75, 3.05) is 0 Å². The molecule has 114 valence electrons. The standard InChI is InChI=1S/C18H20N2OS/c1-12-8-9-15-6-4-5-7-16(15)17(12)11-22-14(3)20-18(21)10-13(2)19/h4-10H,3,11,19H2,1-2H3,(H,20,21)/b13-10+. The molecule has 0 saturated carbocycles. The maximum absolute atomic E-state index is 11.6. The zero-order valence-electron chi connectivity index (χ0n) is 12.8. The smallest absolute Gasteiger partial charge is 0.250 e. The molecular weight excluding hydrogens is 292 g/mol. The number of aryl methyl sites for hydroxylation is 1. The summed E-state index contributed by atoms with van der Waals surface area (Å²) in [7, 11) is 0. The largest absolute Gasteiger partial charge is 0.402 e. The minimum atomic E-state index is -0.243. The van der Waals surface area contributed by atoms with E-state index in [0.29, 0.717) is 10.7 Å². The molecule has 4 heteroatoms. The van der Waals surface area contributed by atoms with E-state index in [2.05, 4.69) is 43.1 Å². The molecule has 2 aromatic rings. The van der Waals surface area contributed by atoms with E-state index in [-0.39, 0.29) is 5.91 Å². The van der Waals surface area contributed by atoms with Crippen LogP contribution in [0.2, 0.25) is 0 Å². The van der Waals surface area contributed by atoms with Crippen LogP contribution in [0.1, 0.15) is 18.1 Å². The molecule has 3 N–H and O–H groups in total. The van der Waals surface area contributed by atoms with Crippen molar-refractivity contribution >= 4 is 28.4 Å². The summed E-state index contributed by atoms with van der Waals surface area (Å²) in [5.41, 5.74) is 8.46. The van der Waals surface area contributed by atoms with Crippen LogP contribution in [0.3, 0.4) is 0 Å². The average molecular weight is 312 g/mol. The van der Waals surface area contributed by atoms with Crippen LogP contribution < -0.4 is 11.1 Å². The van der Waals surface area contributed by atoms with Crippen LogP contribution in [-0.2, 0) is 10.5 Å². The third-order valence-electron chi connectivity index (χ3n) is 3.29. The molecule has 2 rings (SSSR count). The van der Waals surface area contributed by atoms with E-state index in [9.17, 15) is 4.79 Å². The maximum Gasteiger partial charge on any atom is 0.250 e. The summed E-state index contributed by atoms with van der Waals surface area (Å²) in [6.07, 6.45) is 1.36. The van der Waals surface area contributed by atoms with Crippen molar-refractivity contribution in [3.8, 4) is 0 Å². The molecule has 3 nitrogen and oxygen atoms in total. The predicted octanol–water partition coefficient (Wildman–Crippen LogP) is 3.83. The molecule has 22 heavy (non-hydrogen) atoms. The summed E-state index contributed by atoms with van der Waals surface area (Å²) < 4.78 is 0. The molecule has 0 unspecified atom stereocenters. The summed E-state index contributed by atoms with van der Waals surface area (Å²) in [6.45, 7) is 7.66. The normalized spacial score (nSPS) is 11.5. The molecule has 0 radical (unpaired) electrons. The highest BCUT2D eigenvalue weighted by Crippen LogP contribution is 2.27. The molecule has 0 fully saturated rings. The van der Waals surface area contributed by atoms with Gasteiger partial charge in [-0.2, -0.15) is 0 Å². The first-order valence-corrected chi connectivity index (χ1v) is 7.99. The fourth-order valence-corrected chi connectivity index (χ4v) is 3.09. The van der Waals surface area contributed by atoms with E-state index in [1.165, 1.54) is 39.7 Å². The molecule has 2 aromatic carbocycles. The molecule has 0 atom stereocenters. The van der Waals surface area contributed by atoms with Gasteiger partial charge in [0.05, 0.1) is 5.03 Å². The number of rotatable bonds is 5. The van der Waals surface area contributed by atoms with E-state index in [1.54, 1.807) is 6.92 Å². The number of thioether (sulfide) groups is 1. The van der Waals surface area contributed by atoms with Gasteiger partial charge in [-0.25, -0.2) is 0 Å². The number of carbonyl (C=O) groups is 1. The second kappa shape index (κ2) is 7.18. The molecule has 0 heterocycles. The van der Waals surface area contributed by atoms with E-state index in [0.717, 1.165) is 5.75 Å². The first-order chi connectivity index (χ1) is 10.5. The monoisotopic (exact) mass is 312 g/mol. The highest BCUT2D eigenvalue weighted by Gasteiger charge is 2.07. The van der Waals surface area contributed by atoms with Gasteiger partial charge in [-0.1, -0.05) is 43.0 Å². The van der Waals surface area contributed by atoms with Crippen molar-refractivity contribution in [2.45, 2.75) is 19.6 Å². The SMILES string of the molecule is C=C(NC(=O)/C=C(\C)N)SCc1c(C)ccc2ccccc12. The Morgan fingerprint density at radius 1 is 1.32 bits per heavy atom. The molecule has 0 aliphatic rings. The fraction of sp³-hybridized carbons (Fsp3) is 0.167. The molecule has 0 aliphatic carbocycles. The zero-order valence-corrected chi connectivity index (χ0v) is 13.7. The Hall–Kier alpha value is -2.20. The second-order valence-electron chi connectivity index (χ2n) is 5.17. The molecule has 0 bridgehead atoms. The Morgan fingerprint density at radius 2 is 2.05 bits per heavy atom. The molecule has 1 amide bonds. The number of hydrogen-bond donors (Lipinski definition) is 2. The minimum absolute atomic E-state index is 0.243. The number of benzene rings is 2. The quantitative estimate of drug-likeness (QED) is 0.825. The number of allylic oxidation sites excluding steroid dienone is 1. The highest BCUT2D eigenvalue weighted by molar-refractivity contribution is 8.02. The average Bonchev–Trinajstić information content (AvgIpc) is 2.45. The van der Waals surface area contributed by atoms with Crippen molar-refractivity contribution < 1.29 is 4.79 Å². The van der Waals surface area contributed by atoms with Crippen LogP contribution >= 0.6 is 11.8 Å². The van der Waals surface area contributed by atoms with Crippen molar-refractivity contribution in [3.05, 3.63) is 70.9 Å². The number of nitrogens with two attached hydrogens (primary N) is 1. The van der Waals surface area contributed by atoms with E-state index in [1.807, 2.05) is 12.1 Å². The summed E-state index contributed by atoms with van der Waals surface area (Å²) in [5, 5.41) is 5.81. The topological polar surface area (TPSA) is 55.1 Å². The van der Waals surface area contributed by atoms with Gasteiger partial charge in [0.2, 0.25) is 5.91 Å². The van der Waals surface area contributed by atoms with Gasteiger partial charge in [0.1, 0.15) is 0 Å². The summed E-state index contributed by atoms with van der Waals surface area (Å²) in [6, 6.07) is 12.6. The van der Waals surface area contributed by atoms with Crippen LogP contribution in [-0.4, -0.2) is 5.91 Å². The van der Waals surface area contributed by atoms with Gasteiger partial charge >= 0.3 is 0 Å². The molecule has 0 aromatic heterocycles. The van der Waals surface area contributed by atoms with Crippen molar-refractivity contribution in [2.24, 2.45) is 5.73 Å². The predicted molar refractivity (Wildman–Crippen MR) is 95.2 cm³/mol. The fourth-order valence-electron chi connectivity index (χ4n) is 2.21. The Balaban J connectivity index is 2.09. The van der Waals surface area contributed by atoms with Gasteiger partial charge < -0.3 is 11.1 Å². The number of hydrogen-bond acceptors (Lipinski definition) is 3. The molecular formula is C18H20N2OS. The first-order valence-electron chi connectivity index (χ1n) is 7.01. The van der Waals surface area contributed by atoms with Crippen LogP contribution in [0, 0.1) is 6.92 Å². The first kappa shape index (κ1) is 16.2. The Labute approximate surface area is 135 Å². The lowest BCUT2D eigenvalue weighted by Gasteiger charge is -2.11. The number of amides is 1. The van der Waals surface area contributed by atoms with Gasteiger partial charge in [0.15, 0.2) is 0 Å². The van der Waals surface area contributed by atoms with Crippen molar-refractivity contribution in [1.29, 1.82) is 0 Å². The minimum Gasteiger partial charge on any atom is -0.402 e. The summed E-state index contributed by atoms with van der Waals surface area (Å²) in [4.78, 5) is 11.6. The second-order valence-corrected chi connectivity index (χ2v) is 6.24. The molecule has 0 spiro atoms. The lowest BCUT2D eigenvalue weighted by Crippen LogP contribution is -2.19. The Kier molecular flexibility index (Phi) is 5.28. The van der Waals surface area contributed by atoms with Crippen LogP contribution in [0.15, 0.2) is 59.8 Å². The summed E-state index contributed by atoms with van der Waals surface area (Å²) >= 11 is 1.52. The number of carbonyl (C=O) groups excluding carboxylic acids is 1. The number of nitrogens with one attached hydrogen (secondary N) is 1. The zero-order chi connectivity index (χ0) is 16.1. The maximum atomic E-state index is 11.6. The van der Waals surface area contributed by atoms with Gasteiger partial charge in [0, 0.05) is 17.5 Å². The van der Waals surface area contributed by atoms with Crippen LogP contribution in [0.5, 0.6) is 0 Å². The summed E-state index contributed by atoms with van der Waals surface area (Å²) in [5.74, 6) is 0.518. The third kappa shape index (κ3) is 4.15. The van der Waals surface area contributed by atoms with Gasteiger partial charge in [-0.15, -0.1) is 11.8 Å². The van der Waals surface area contributed by atoms with Crippen molar-refractivity contribution in [3.63, 3.8) is 0 Å². The molecule has 0 saturated heterocycles. The van der Waals surface area contributed by atoms with Gasteiger partial charge in [-0.3, -0.25) is 4.79 Å². The van der Waals surface area contributed by atoms with E-state index >= 15 is 0 Å². The van der Waals surface area contributed by atoms with Crippen LogP contribution in [0.4, 0.5) is 0 Å². The highest BCUT2D eigenvalue weighted by atomic mass is 32.2. The van der Waals surface area contributed by atoms with E-state index < -0.39 is 0 Å². The third-order valence-corrected chi connectivity index (χ3v) is 4.17. The number of fused-ring (bicyclic) bond motifs is 1. The lowest BCUT2D eigenvalue weighted by molar-refractivity contribution is -0.115. The Bertz CT molecular complexity index is 746. The Morgan fingerprint density at radius 3 is 2.77 bits per heavy atom. The van der Waals surface area contributed by atoms with Crippen molar-refractivity contribution in [1.82, 2.24) is 5.32 Å². The van der Waals surface area contributed by atoms with Crippen LogP contribution in [0.25, 0.3) is 10.8 Å². The lowest BCUT2D eigenvalue weighted by atomic mass is 10.0. The van der Waals surface area contributed by atoms with E-state index in [4.69, 9.17) is 5.73 Å². The van der Waals surface area contributed by atoms with Gasteiger partial charge in [0.25, 0.3) is 0 Å². The molecule has 0 aliphatic heterocycles.